The van der Waals surface area contributed by atoms with Crippen molar-refractivity contribution in [3.8, 4) is 0 Å². The van der Waals surface area contributed by atoms with E-state index in [1.54, 1.807) is 0 Å². The number of anilines is 3. The number of nitrogens with zero attached hydrogens (tertiary/aromatic N) is 2. The minimum absolute atomic E-state index is 0.00724. The monoisotopic (exact) mass is 243 g/mol. The zero-order chi connectivity index (χ0) is 12.4. The summed E-state index contributed by atoms with van der Waals surface area (Å²) >= 11 is 0. The van der Waals surface area contributed by atoms with Crippen LogP contribution in [0.5, 0.6) is 0 Å². The Kier molecular flexibility index (Phi) is 2.86. The second-order valence-electron chi connectivity index (χ2n) is 3.21. The van der Waals surface area contributed by atoms with E-state index >= 15 is 0 Å². The molecule has 1 aromatic carbocycles. The van der Waals surface area contributed by atoms with E-state index in [-0.39, 0.29) is 23.1 Å². The number of nitrogen functional groups attached to an aromatic ring is 1. The lowest BCUT2D eigenvalue weighted by Crippen LogP contribution is -1.97. The number of hydrogen-bond acceptors (Lipinski definition) is 4. The van der Waals surface area contributed by atoms with Crippen LogP contribution in [0.2, 0.25) is 0 Å². The number of aromatic nitrogens is 3. The molecule has 0 radical (unpaired) electrons. The van der Waals surface area contributed by atoms with Crippen molar-refractivity contribution < 1.29 is 13.2 Å². The Labute approximate surface area is 93.9 Å². The van der Waals surface area contributed by atoms with Gasteiger partial charge in [-0.15, -0.1) is 5.10 Å². The second-order valence-corrected chi connectivity index (χ2v) is 3.21. The van der Waals surface area contributed by atoms with Crippen molar-refractivity contribution >= 4 is 17.6 Å². The average Bonchev–Trinajstić information content (AvgIpc) is 2.67. The van der Waals surface area contributed by atoms with Gasteiger partial charge in [-0.3, -0.25) is 0 Å². The third-order valence-electron chi connectivity index (χ3n) is 1.99. The summed E-state index contributed by atoms with van der Waals surface area (Å²) in [6.45, 7) is 0. The van der Waals surface area contributed by atoms with Crippen molar-refractivity contribution in [3.05, 3.63) is 29.6 Å². The van der Waals surface area contributed by atoms with Crippen LogP contribution >= 0.6 is 0 Å². The Bertz CT molecular complexity index is 525. The maximum absolute atomic E-state index is 13.3. The van der Waals surface area contributed by atoms with E-state index < -0.39 is 12.2 Å². The molecule has 0 fully saturated rings. The molecule has 0 aliphatic carbocycles. The van der Waals surface area contributed by atoms with Crippen LogP contribution in [0.25, 0.3) is 0 Å². The molecular weight excluding hydrogens is 235 g/mol. The van der Waals surface area contributed by atoms with Crippen LogP contribution in [-0.2, 0) is 0 Å². The SMILES string of the molecule is Nc1nc(Nc2cc(C(F)F)ccc2F)n[nH]1. The third-order valence-corrected chi connectivity index (χ3v) is 1.99. The van der Waals surface area contributed by atoms with Crippen LogP contribution in [-0.4, -0.2) is 15.2 Å². The lowest BCUT2D eigenvalue weighted by atomic mass is 10.2. The molecule has 1 heterocycles. The maximum atomic E-state index is 13.3. The largest absolute Gasteiger partial charge is 0.368 e. The van der Waals surface area contributed by atoms with Crippen molar-refractivity contribution in [2.24, 2.45) is 0 Å². The number of nitrogens with two attached hydrogens (primary N) is 1. The minimum Gasteiger partial charge on any atom is -0.368 e. The Morgan fingerprint density at radius 2 is 2.12 bits per heavy atom. The summed E-state index contributed by atoms with van der Waals surface area (Å²) < 4.78 is 38.1. The maximum Gasteiger partial charge on any atom is 0.263 e. The van der Waals surface area contributed by atoms with Gasteiger partial charge in [0.25, 0.3) is 6.43 Å². The first kappa shape index (κ1) is 11.2. The van der Waals surface area contributed by atoms with Crippen molar-refractivity contribution in [2.75, 3.05) is 11.1 Å². The lowest BCUT2D eigenvalue weighted by molar-refractivity contribution is 0.151. The standard InChI is InChI=1S/C9H8F3N5/c10-5-2-1-4(7(11)12)3-6(5)14-9-15-8(13)16-17-9/h1-3,7H,(H4,13,14,15,16,17). The van der Waals surface area contributed by atoms with Crippen LogP contribution in [0.4, 0.5) is 30.8 Å². The topological polar surface area (TPSA) is 79.6 Å². The van der Waals surface area contributed by atoms with Gasteiger partial charge in [-0.05, 0) is 12.1 Å². The van der Waals surface area contributed by atoms with Crippen molar-refractivity contribution in [3.63, 3.8) is 0 Å². The van der Waals surface area contributed by atoms with Crippen molar-refractivity contribution in [1.29, 1.82) is 0 Å². The molecule has 90 valence electrons. The van der Waals surface area contributed by atoms with Crippen LogP contribution in [0.1, 0.15) is 12.0 Å². The summed E-state index contributed by atoms with van der Waals surface area (Å²) in [4.78, 5) is 3.67. The number of nitrogens with one attached hydrogen (secondary N) is 2. The zero-order valence-corrected chi connectivity index (χ0v) is 8.42. The molecule has 8 heteroatoms. The highest BCUT2D eigenvalue weighted by molar-refractivity contribution is 5.56. The molecule has 0 saturated carbocycles. The average molecular weight is 243 g/mol. The van der Waals surface area contributed by atoms with Crippen LogP contribution in [0.3, 0.4) is 0 Å². The highest BCUT2D eigenvalue weighted by Crippen LogP contribution is 2.25. The van der Waals surface area contributed by atoms with E-state index in [1.165, 1.54) is 0 Å². The number of halogens is 3. The fourth-order valence-electron chi connectivity index (χ4n) is 1.23. The lowest BCUT2D eigenvalue weighted by Gasteiger charge is -2.06. The van der Waals surface area contributed by atoms with Crippen molar-refractivity contribution in [2.45, 2.75) is 6.43 Å². The number of H-pyrrole nitrogens is 1. The predicted molar refractivity (Wildman–Crippen MR) is 55.4 cm³/mol. The highest BCUT2D eigenvalue weighted by Gasteiger charge is 2.12. The van der Waals surface area contributed by atoms with E-state index in [4.69, 9.17) is 5.73 Å². The molecule has 2 aromatic rings. The molecule has 0 atom stereocenters. The third kappa shape index (κ3) is 2.47. The van der Waals surface area contributed by atoms with E-state index in [0.717, 1.165) is 18.2 Å². The van der Waals surface area contributed by atoms with E-state index in [0.29, 0.717) is 0 Å². The fourth-order valence-corrected chi connectivity index (χ4v) is 1.23. The van der Waals surface area contributed by atoms with Gasteiger partial charge in [0, 0.05) is 5.56 Å². The first-order valence-corrected chi connectivity index (χ1v) is 4.59. The number of alkyl halides is 2. The van der Waals surface area contributed by atoms with Gasteiger partial charge in [0.05, 0.1) is 5.69 Å². The molecule has 5 nitrogen and oxygen atoms in total. The fraction of sp³-hybridized carbons (Fsp3) is 0.111. The normalized spacial score (nSPS) is 10.8. The van der Waals surface area contributed by atoms with Crippen LogP contribution in [0.15, 0.2) is 18.2 Å². The van der Waals surface area contributed by atoms with Gasteiger partial charge in [-0.25, -0.2) is 18.3 Å². The Balaban J connectivity index is 2.28. The van der Waals surface area contributed by atoms with Crippen molar-refractivity contribution in [1.82, 2.24) is 15.2 Å². The summed E-state index contributed by atoms with van der Waals surface area (Å²) in [6.07, 6.45) is -2.67. The number of benzene rings is 1. The number of rotatable bonds is 3. The van der Waals surface area contributed by atoms with Gasteiger partial charge in [-0.1, -0.05) is 6.07 Å². The molecular formula is C9H8F3N5. The molecule has 2 rings (SSSR count). The first-order chi connectivity index (χ1) is 8.06. The summed E-state index contributed by atoms with van der Waals surface area (Å²) in [7, 11) is 0. The molecule has 0 aliphatic heterocycles. The highest BCUT2D eigenvalue weighted by atomic mass is 19.3. The van der Waals surface area contributed by atoms with Gasteiger partial charge >= 0.3 is 0 Å². The van der Waals surface area contributed by atoms with Crippen LogP contribution in [0, 0.1) is 5.82 Å². The van der Waals surface area contributed by atoms with E-state index in [9.17, 15) is 13.2 Å². The smallest absolute Gasteiger partial charge is 0.263 e. The predicted octanol–water partition coefficient (Wildman–Crippen LogP) is 2.21. The van der Waals surface area contributed by atoms with Gasteiger partial charge < -0.3 is 11.1 Å². The summed E-state index contributed by atoms with van der Waals surface area (Å²) in [5.74, 6) is -0.636. The van der Waals surface area contributed by atoms with E-state index in [1.807, 2.05) is 0 Å². The first-order valence-electron chi connectivity index (χ1n) is 4.59. The Morgan fingerprint density at radius 1 is 1.35 bits per heavy atom. The molecule has 0 amide bonds. The summed E-state index contributed by atoms with van der Waals surface area (Å²) in [5, 5.41) is 8.38. The molecule has 0 spiro atoms. The van der Waals surface area contributed by atoms with Crippen LogP contribution < -0.4 is 11.1 Å². The Hall–Kier alpha value is -2.25. The quantitative estimate of drug-likeness (QED) is 0.772. The van der Waals surface area contributed by atoms with Gasteiger partial charge in [0.1, 0.15) is 5.82 Å². The molecule has 0 bridgehead atoms. The van der Waals surface area contributed by atoms with Gasteiger partial charge in [-0.2, -0.15) is 4.98 Å². The summed E-state index contributed by atoms with van der Waals surface area (Å²) in [6, 6.07) is 2.95. The Morgan fingerprint density at radius 3 is 2.71 bits per heavy atom. The number of hydrogen-bond donors (Lipinski definition) is 3. The summed E-state index contributed by atoms with van der Waals surface area (Å²) in [5.41, 5.74) is 4.83. The number of aromatic amines is 1. The molecule has 0 unspecified atom stereocenters. The second kappa shape index (κ2) is 4.32. The molecule has 1 aromatic heterocycles. The molecule has 0 saturated heterocycles. The van der Waals surface area contributed by atoms with Gasteiger partial charge in [0.15, 0.2) is 0 Å². The zero-order valence-electron chi connectivity index (χ0n) is 8.42. The van der Waals surface area contributed by atoms with Gasteiger partial charge in [0.2, 0.25) is 11.9 Å². The molecule has 0 aliphatic rings. The van der Waals surface area contributed by atoms with E-state index in [2.05, 4.69) is 20.5 Å². The molecule has 4 N–H and O–H groups in total. The molecule has 17 heavy (non-hydrogen) atoms. The minimum atomic E-state index is -2.67.